The zero-order valence-electron chi connectivity index (χ0n) is 19.2. The van der Waals surface area contributed by atoms with E-state index in [1.54, 1.807) is 48.4 Å². The van der Waals surface area contributed by atoms with E-state index in [1.165, 1.54) is 4.31 Å². The second-order valence-corrected chi connectivity index (χ2v) is 10.4. The van der Waals surface area contributed by atoms with Gasteiger partial charge in [-0.05, 0) is 24.3 Å². The van der Waals surface area contributed by atoms with Crippen molar-refractivity contribution in [3.05, 3.63) is 54.6 Å². The number of ether oxygens (including phenoxy) is 1. The number of sulfonamides is 1. The van der Waals surface area contributed by atoms with Crippen molar-refractivity contribution in [2.75, 3.05) is 57.8 Å². The molecule has 0 saturated carbocycles. The quantitative estimate of drug-likeness (QED) is 0.602. The van der Waals surface area contributed by atoms with Gasteiger partial charge in [-0.25, -0.2) is 8.42 Å². The molecule has 2 aromatic carbocycles. The van der Waals surface area contributed by atoms with Gasteiger partial charge >= 0.3 is 0 Å². The van der Waals surface area contributed by atoms with Crippen LogP contribution in [0.5, 0.6) is 5.75 Å². The molecule has 2 fully saturated rings. The van der Waals surface area contributed by atoms with Crippen LogP contribution in [0.3, 0.4) is 0 Å². The summed E-state index contributed by atoms with van der Waals surface area (Å²) in [5.74, 6) is 0.0506. The van der Waals surface area contributed by atoms with Crippen molar-refractivity contribution < 1.29 is 22.7 Å². The second-order valence-electron chi connectivity index (χ2n) is 8.46. The normalized spacial score (nSPS) is 19.9. The van der Waals surface area contributed by atoms with E-state index in [4.69, 9.17) is 4.74 Å². The molecule has 1 unspecified atom stereocenters. The summed E-state index contributed by atoms with van der Waals surface area (Å²) in [6, 6.07) is 15.7. The molecule has 0 radical (unpaired) electrons. The minimum atomic E-state index is -3.48. The fraction of sp³-hybridized carbons (Fsp3) is 0.417. The van der Waals surface area contributed by atoms with Gasteiger partial charge in [0, 0.05) is 64.0 Å². The van der Waals surface area contributed by atoms with Crippen LogP contribution in [-0.2, 0) is 19.6 Å². The molecule has 2 aromatic rings. The lowest BCUT2D eigenvalue weighted by atomic mass is 10.1. The van der Waals surface area contributed by atoms with Crippen LogP contribution in [-0.4, -0.2) is 82.4 Å². The summed E-state index contributed by atoms with van der Waals surface area (Å²) in [4.78, 5) is 29.2. The maximum absolute atomic E-state index is 12.7. The molecule has 0 aliphatic carbocycles. The number of rotatable bonds is 8. The topological polar surface area (TPSA) is 99.3 Å². The summed E-state index contributed by atoms with van der Waals surface area (Å²) in [6.45, 7) is 3.46. The van der Waals surface area contributed by atoms with Gasteiger partial charge in [0.1, 0.15) is 5.75 Å². The van der Waals surface area contributed by atoms with Gasteiger partial charge in [0.05, 0.1) is 17.9 Å². The summed E-state index contributed by atoms with van der Waals surface area (Å²) in [7, 11) is -1.90. The van der Waals surface area contributed by atoms with Crippen molar-refractivity contribution in [1.29, 1.82) is 0 Å². The summed E-state index contributed by atoms with van der Waals surface area (Å²) in [5, 5.41) is 2.94. The highest BCUT2D eigenvalue weighted by Crippen LogP contribution is 2.28. The third-order valence-electron chi connectivity index (χ3n) is 6.30. The van der Waals surface area contributed by atoms with Crippen molar-refractivity contribution >= 4 is 27.5 Å². The van der Waals surface area contributed by atoms with Crippen molar-refractivity contribution in [1.82, 2.24) is 14.5 Å². The van der Waals surface area contributed by atoms with Crippen LogP contribution in [0.4, 0.5) is 5.69 Å². The highest BCUT2D eigenvalue weighted by molar-refractivity contribution is 7.89. The Bertz CT molecular complexity index is 1120. The van der Waals surface area contributed by atoms with E-state index >= 15 is 0 Å². The third-order valence-corrected chi connectivity index (χ3v) is 8.21. The van der Waals surface area contributed by atoms with Crippen LogP contribution >= 0.6 is 0 Å². The Morgan fingerprint density at radius 2 is 1.79 bits per heavy atom. The van der Waals surface area contributed by atoms with Gasteiger partial charge in [-0.2, -0.15) is 4.31 Å². The molecule has 0 aromatic heterocycles. The maximum atomic E-state index is 12.7. The van der Waals surface area contributed by atoms with E-state index in [1.807, 2.05) is 18.2 Å². The van der Waals surface area contributed by atoms with E-state index in [-0.39, 0.29) is 18.2 Å². The maximum Gasteiger partial charge on any atom is 0.243 e. The number of benzene rings is 2. The number of nitrogens with one attached hydrogen (secondary N) is 1. The number of nitrogens with zero attached hydrogens (tertiary/aromatic N) is 3. The molecule has 2 saturated heterocycles. The monoisotopic (exact) mass is 486 g/mol. The van der Waals surface area contributed by atoms with E-state index in [2.05, 4.69) is 10.2 Å². The van der Waals surface area contributed by atoms with Gasteiger partial charge in [0.2, 0.25) is 21.8 Å². The molecule has 1 atom stereocenters. The van der Waals surface area contributed by atoms with Crippen molar-refractivity contribution in [3.8, 4) is 5.75 Å². The molecule has 182 valence electrons. The molecule has 0 bridgehead atoms. The SMILES string of the molecule is COc1cccc(N2CC(C(=O)NCCN3CCN(S(=O)(=O)c4ccccc4)CC3)CC2=O)c1. The molecule has 10 heteroatoms. The smallest absolute Gasteiger partial charge is 0.243 e. The first-order chi connectivity index (χ1) is 16.4. The van der Waals surface area contributed by atoms with E-state index in [0.717, 1.165) is 5.69 Å². The number of hydrogen-bond acceptors (Lipinski definition) is 6. The molecule has 34 heavy (non-hydrogen) atoms. The Morgan fingerprint density at radius 1 is 1.06 bits per heavy atom. The predicted molar refractivity (Wildman–Crippen MR) is 128 cm³/mol. The number of carbonyl (C=O) groups excluding carboxylic acids is 2. The third kappa shape index (κ3) is 5.40. The highest BCUT2D eigenvalue weighted by atomic mass is 32.2. The lowest BCUT2D eigenvalue weighted by Crippen LogP contribution is -2.50. The van der Waals surface area contributed by atoms with Crippen LogP contribution in [0.1, 0.15) is 6.42 Å². The Balaban J connectivity index is 1.22. The number of methoxy groups -OCH3 is 1. The zero-order valence-corrected chi connectivity index (χ0v) is 20.0. The van der Waals surface area contributed by atoms with Crippen LogP contribution in [0.15, 0.2) is 59.5 Å². The fourth-order valence-electron chi connectivity index (χ4n) is 4.33. The molecule has 4 rings (SSSR count). The Labute approximate surface area is 200 Å². The number of carbonyl (C=O) groups is 2. The fourth-order valence-corrected chi connectivity index (χ4v) is 5.77. The van der Waals surface area contributed by atoms with Gasteiger partial charge in [0.15, 0.2) is 0 Å². The minimum Gasteiger partial charge on any atom is -0.497 e. The van der Waals surface area contributed by atoms with Crippen LogP contribution in [0, 0.1) is 5.92 Å². The van der Waals surface area contributed by atoms with Crippen LogP contribution in [0.25, 0.3) is 0 Å². The van der Waals surface area contributed by atoms with Gasteiger partial charge in [-0.3, -0.25) is 14.5 Å². The average molecular weight is 487 g/mol. The van der Waals surface area contributed by atoms with E-state index in [9.17, 15) is 18.0 Å². The van der Waals surface area contributed by atoms with E-state index in [0.29, 0.717) is 56.5 Å². The molecule has 2 heterocycles. The molecule has 1 N–H and O–H groups in total. The minimum absolute atomic E-state index is 0.0795. The summed E-state index contributed by atoms with van der Waals surface area (Å²) >= 11 is 0. The van der Waals surface area contributed by atoms with Gasteiger partial charge < -0.3 is 15.0 Å². The number of amides is 2. The number of anilines is 1. The summed E-state index contributed by atoms with van der Waals surface area (Å²) < 4.78 is 32.2. The van der Waals surface area contributed by atoms with Gasteiger partial charge in [-0.15, -0.1) is 0 Å². The molecular weight excluding hydrogens is 456 g/mol. The largest absolute Gasteiger partial charge is 0.497 e. The molecule has 9 nitrogen and oxygen atoms in total. The van der Waals surface area contributed by atoms with Crippen LogP contribution in [0.2, 0.25) is 0 Å². The van der Waals surface area contributed by atoms with Crippen molar-refractivity contribution in [3.63, 3.8) is 0 Å². The molecule has 2 amide bonds. The lowest BCUT2D eigenvalue weighted by Gasteiger charge is -2.34. The van der Waals surface area contributed by atoms with Gasteiger partial charge in [-0.1, -0.05) is 24.3 Å². The van der Waals surface area contributed by atoms with Crippen molar-refractivity contribution in [2.45, 2.75) is 11.3 Å². The highest BCUT2D eigenvalue weighted by Gasteiger charge is 2.35. The number of hydrogen-bond donors (Lipinski definition) is 1. The standard InChI is InChI=1S/C24H30N4O5S/c1-33-21-7-5-6-20(17-21)28-18-19(16-23(28)29)24(30)25-10-11-26-12-14-27(15-13-26)34(31,32)22-8-3-2-4-9-22/h2-9,17,19H,10-16,18H2,1H3,(H,25,30). The first-order valence-electron chi connectivity index (χ1n) is 11.4. The molecule has 2 aliphatic rings. The molecule has 0 spiro atoms. The van der Waals surface area contributed by atoms with Gasteiger partial charge in [0.25, 0.3) is 0 Å². The average Bonchev–Trinajstić information content (AvgIpc) is 3.26. The van der Waals surface area contributed by atoms with Crippen LogP contribution < -0.4 is 15.0 Å². The Morgan fingerprint density at radius 3 is 2.50 bits per heavy atom. The predicted octanol–water partition coefficient (Wildman–Crippen LogP) is 1.17. The first-order valence-corrected chi connectivity index (χ1v) is 12.8. The summed E-state index contributed by atoms with van der Waals surface area (Å²) in [5.41, 5.74) is 0.725. The van der Waals surface area contributed by atoms with E-state index < -0.39 is 15.9 Å². The lowest BCUT2D eigenvalue weighted by molar-refractivity contribution is -0.126. The Hall–Kier alpha value is -2.95. The second kappa shape index (κ2) is 10.5. The Kier molecular flexibility index (Phi) is 7.50. The van der Waals surface area contributed by atoms with Crippen molar-refractivity contribution in [2.24, 2.45) is 5.92 Å². The summed E-state index contributed by atoms with van der Waals surface area (Å²) in [6.07, 6.45) is 0.180. The first kappa shape index (κ1) is 24.2. The molecule has 2 aliphatic heterocycles. The molecular formula is C24H30N4O5S. The zero-order chi connectivity index (χ0) is 24.1. The number of piperazine rings is 1.